The summed E-state index contributed by atoms with van der Waals surface area (Å²) in [5.41, 5.74) is 5.42. The second-order valence-electron chi connectivity index (χ2n) is 20.4. The first kappa shape index (κ1) is 50.0. The number of hydrogen-bond acceptors (Lipinski definition) is 14. The summed E-state index contributed by atoms with van der Waals surface area (Å²) in [6.45, 7) is 10.2. The number of piperazine rings is 1. The maximum absolute atomic E-state index is 14.1. The third-order valence-electron chi connectivity index (χ3n) is 15.5. The van der Waals surface area contributed by atoms with E-state index in [9.17, 15) is 28.4 Å². The molecule has 6 aromatic rings. The van der Waals surface area contributed by atoms with Crippen molar-refractivity contribution in [1.29, 1.82) is 0 Å². The van der Waals surface area contributed by atoms with E-state index in [4.69, 9.17) is 14.2 Å². The van der Waals surface area contributed by atoms with Crippen LogP contribution < -0.4 is 24.4 Å². The molecule has 2 unspecified atom stereocenters. The number of nitro groups is 1. The molecule has 4 fully saturated rings. The van der Waals surface area contributed by atoms with Crippen molar-refractivity contribution in [1.82, 2.24) is 24.5 Å². The molecule has 0 bridgehead atoms. The van der Waals surface area contributed by atoms with Gasteiger partial charge < -0.3 is 34.5 Å². The van der Waals surface area contributed by atoms with E-state index in [0.717, 1.165) is 87.8 Å². The van der Waals surface area contributed by atoms with Crippen LogP contribution in [0.5, 0.6) is 17.2 Å². The summed E-state index contributed by atoms with van der Waals surface area (Å²) in [4.78, 5) is 40.3. The lowest BCUT2D eigenvalue weighted by atomic mass is 9.59. The van der Waals surface area contributed by atoms with Gasteiger partial charge in [0, 0.05) is 87.3 Å². The Labute approximate surface area is 426 Å². The molecule has 73 heavy (non-hydrogen) atoms. The molecule has 3 atom stereocenters. The lowest BCUT2D eigenvalue weighted by Crippen LogP contribution is -2.60. The van der Waals surface area contributed by atoms with Crippen molar-refractivity contribution in [3.05, 3.63) is 142 Å². The number of rotatable bonds is 17. The summed E-state index contributed by atoms with van der Waals surface area (Å²) in [6, 6.07) is 30.4. The Morgan fingerprint density at radius 1 is 0.959 bits per heavy atom. The van der Waals surface area contributed by atoms with Gasteiger partial charge in [-0.1, -0.05) is 50.2 Å². The van der Waals surface area contributed by atoms with Gasteiger partial charge >= 0.3 is 0 Å². The molecule has 384 valence electrons. The monoisotopic (exact) mass is 1010 g/mol. The van der Waals surface area contributed by atoms with Crippen molar-refractivity contribution >= 4 is 44.0 Å². The third-order valence-corrected chi connectivity index (χ3v) is 16.8. The molecular weight excluding hydrogens is 949 g/mol. The molecule has 4 N–H and O–H groups in total. The first-order valence-corrected chi connectivity index (χ1v) is 26.8. The van der Waals surface area contributed by atoms with Gasteiger partial charge in [0.25, 0.3) is 21.6 Å². The predicted octanol–water partition coefficient (Wildman–Crippen LogP) is 8.77. The summed E-state index contributed by atoms with van der Waals surface area (Å²) in [5.74, 6) is 0.798. The van der Waals surface area contributed by atoms with Crippen LogP contribution in [0.4, 0.5) is 17.1 Å². The number of aliphatic hydroxyl groups is 1. The predicted molar refractivity (Wildman–Crippen MR) is 279 cm³/mol. The number of pyridine rings is 1. The number of ether oxygens (including phenoxy) is 3. The molecule has 3 saturated heterocycles. The number of carbonyl (C=O) groups is 1. The number of aliphatic hydroxyl groups excluding tert-OH is 1. The number of fused-ring (bicyclic) bond motifs is 1. The zero-order valence-corrected chi connectivity index (χ0v) is 42.4. The average molecular weight is 1010 g/mol. The minimum Gasteiger partial charge on any atom is -0.497 e. The molecule has 4 aliphatic rings. The van der Waals surface area contributed by atoms with Crippen LogP contribution in [0.1, 0.15) is 91.4 Å². The second-order valence-corrected chi connectivity index (χ2v) is 22.1. The molecular formula is C55H64N8O9S. The topological polar surface area (TPSA) is 205 Å². The number of sulfonamides is 1. The summed E-state index contributed by atoms with van der Waals surface area (Å²) in [6.07, 6.45) is 8.37. The van der Waals surface area contributed by atoms with Crippen molar-refractivity contribution in [2.24, 2.45) is 5.41 Å². The number of hydrogen-bond donors (Lipinski definition) is 4. The number of amides is 1. The highest BCUT2D eigenvalue weighted by Gasteiger charge is 2.50. The van der Waals surface area contributed by atoms with Crippen LogP contribution in [0.15, 0.2) is 114 Å². The maximum Gasteiger partial charge on any atom is 0.293 e. The number of benzene rings is 4. The molecule has 1 amide bonds. The number of piperidine rings is 1. The number of H-pyrrole nitrogens is 1. The van der Waals surface area contributed by atoms with E-state index in [1.165, 1.54) is 35.0 Å². The van der Waals surface area contributed by atoms with E-state index in [-0.39, 0.29) is 53.8 Å². The minimum atomic E-state index is -4.61. The summed E-state index contributed by atoms with van der Waals surface area (Å²) >= 11 is 0. The van der Waals surface area contributed by atoms with Crippen molar-refractivity contribution < 1.29 is 37.5 Å². The number of carbonyl (C=O) groups excluding carboxylic acids is 1. The molecule has 10 rings (SSSR count). The standard InChI is InChI=1S/C55H64N8O9S/c1-36(2)46-6-4-5-7-47(46)51-34-60(33-37-8-11-41(70-3)12-9-37)24-25-62(51)40-29-55(30-40)19-22-61(23-20-55)39-10-16-48(52(27-39)72-44-26-38-18-21-56-53(38)58-32-44)54(65)59-73(68,69)45-15-17-49(50(28-45)63(66)67)57-31-42-13-14-43(35-64)71-42/h4-12,15-18,21,26-28,32,36,40,42-43,51,57,64H,13-14,19-20,22-25,29-31,33-35H2,1-3H3,(H,56,58)(H,59,65)/t42?,43?,51-/m0/s1. The highest BCUT2D eigenvalue weighted by Crippen LogP contribution is 2.53. The lowest BCUT2D eigenvalue weighted by molar-refractivity contribution is -0.384. The number of aromatic amines is 1. The van der Waals surface area contributed by atoms with Gasteiger partial charge in [0.1, 0.15) is 28.6 Å². The summed E-state index contributed by atoms with van der Waals surface area (Å²) < 4.78 is 47.3. The normalized spacial score (nSPS) is 20.6. The fraction of sp³-hybridized carbons (Fsp3) is 0.418. The quantitative estimate of drug-likeness (QED) is 0.0498. The molecule has 4 aromatic carbocycles. The molecule has 5 heterocycles. The number of nitrogens with one attached hydrogen (secondary N) is 3. The molecule has 0 radical (unpaired) electrons. The highest BCUT2D eigenvalue weighted by molar-refractivity contribution is 7.90. The smallest absolute Gasteiger partial charge is 0.293 e. The molecule has 17 nitrogen and oxygen atoms in total. The van der Waals surface area contributed by atoms with Gasteiger partial charge in [-0.2, -0.15) is 0 Å². The number of aromatic nitrogens is 2. The molecule has 1 aliphatic carbocycles. The van der Waals surface area contributed by atoms with Crippen LogP contribution in [0.3, 0.4) is 0 Å². The average Bonchev–Trinajstić information content (AvgIpc) is 4.07. The largest absolute Gasteiger partial charge is 0.497 e. The molecule has 2 aromatic heterocycles. The lowest BCUT2D eigenvalue weighted by Gasteiger charge is -2.58. The second kappa shape index (κ2) is 21.1. The minimum absolute atomic E-state index is 0.0416. The Morgan fingerprint density at radius 2 is 1.74 bits per heavy atom. The van der Waals surface area contributed by atoms with Crippen molar-refractivity contribution in [3.63, 3.8) is 0 Å². The zero-order valence-electron chi connectivity index (χ0n) is 41.5. The highest BCUT2D eigenvalue weighted by atomic mass is 32.2. The Hall–Kier alpha value is -6.57. The summed E-state index contributed by atoms with van der Waals surface area (Å²) in [5, 5.41) is 25.4. The van der Waals surface area contributed by atoms with Crippen LogP contribution in [0, 0.1) is 15.5 Å². The van der Waals surface area contributed by atoms with Crippen LogP contribution in [0.2, 0.25) is 0 Å². The first-order chi connectivity index (χ1) is 35.3. The number of nitro benzene ring substituents is 1. The Bertz CT molecular complexity index is 3060. The van der Waals surface area contributed by atoms with Crippen molar-refractivity contribution in [2.75, 3.05) is 63.2 Å². The van der Waals surface area contributed by atoms with Crippen molar-refractivity contribution in [2.45, 2.75) is 94.0 Å². The van der Waals surface area contributed by atoms with Crippen LogP contribution in [-0.4, -0.2) is 115 Å². The fourth-order valence-electron chi connectivity index (χ4n) is 11.4. The van der Waals surface area contributed by atoms with Gasteiger partial charge in [0.05, 0.1) is 47.5 Å². The Balaban J connectivity index is 0.832. The van der Waals surface area contributed by atoms with E-state index < -0.39 is 31.4 Å². The van der Waals surface area contributed by atoms with E-state index in [2.05, 4.69) is 85.0 Å². The molecule has 18 heteroatoms. The van der Waals surface area contributed by atoms with Crippen LogP contribution in [-0.2, 0) is 21.3 Å². The fourth-order valence-corrected chi connectivity index (χ4v) is 12.4. The van der Waals surface area contributed by atoms with Crippen molar-refractivity contribution in [3.8, 4) is 17.2 Å². The molecule has 1 saturated carbocycles. The molecule has 3 aliphatic heterocycles. The first-order valence-electron chi connectivity index (χ1n) is 25.3. The van der Waals surface area contributed by atoms with Gasteiger partial charge in [0.2, 0.25) is 0 Å². The van der Waals surface area contributed by atoms with Gasteiger partial charge in [-0.05, 0) is 115 Å². The maximum atomic E-state index is 14.1. The van der Waals surface area contributed by atoms with Crippen LogP contribution in [0.25, 0.3) is 11.0 Å². The SMILES string of the molecule is COc1ccc(CN2CCN(C3CC4(CCN(c5ccc(C(=O)NS(=O)(=O)c6ccc(NCC7CCC(CO)O7)c([N+](=O)[O-])c6)c(Oc6cnc7[nH]ccc7c6)c5)CC4)C3)[C@H](c3ccccc3C(C)C)C2)cc1. The summed E-state index contributed by atoms with van der Waals surface area (Å²) in [7, 11) is -2.91. The van der Waals surface area contributed by atoms with Gasteiger partial charge in [-0.15, -0.1) is 0 Å². The third kappa shape index (κ3) is 10.9. The van der Waals surface area contributed by atoms with Gasteiger partial charge in [-0.3, -0.25) is 24.7 Å². The van der Waals surface area contributed by atoms with E-state index >= 15 is 0 Å². The van der Waals surface area contributed by atoms with E-state index in [1.54, 1.807) is 31.5 Å². The van der Waals surface area contributed by atoms with Gasteiger partial charge in [-0.25, -0.2) is 18.1 Å². The Morgan fingerprint density at radius 3 is 2.48 bits per heavy atom. The van der Waals surface area contributed by atoms with Crippen LogP contribution >= 0.6 is 0 Å². The van der Waals surface area contributed by atoms with Gasteiger partial charge in [0.15, 0.2) is 0 Å². The number of methoxy groups -OCH3 is 1. The number of anilines is 2. The Kier molecular flexibility index (Phi) is 14.5. The molecule has 1 spiro atoms. The van der Waals surface area contributed by atoms with E-state index in [1.807, 2.05) is 24.3 Å². The zero-order chi connectivity index (χ0) is 50.9. The number of nitrogens with zero attached hydrogens (tertiary/aromatic N) is 5. The van der Waals surface area contributed by atoms with E-state index in [0.29, 0.717) is 36.2 Å².